The standard InChI is InChI=1S/C23H24F3N3O/c1-2-22(30)28-13-11-27(12-14-28)20-15-17-5-3-4-6-21(17)29(16-20)19-9-7-18(8-10-19)23(24,25)26/h2-10,20H,1,11-16H2. The van der Waals surface area contributed by atoms with Crippen LogP contribution in [0.5, 0.6) is 0 Å². The molecule has 4 rings (SSSR count). The molecule has 2 aromatic carbocycles. The predicted octanol–water partition coefficient (Wildman–Crippen LogP) is 4.10. The van der Waals surface area contributed by atoms with Crippen molar-refractivity contribution in [2.45, 2.75) is 18.6 Å². The number of rotatable bonds is 3. The van der Waals surface area contributed by atoms with Gasteiger partial charge in [-0.3, -0.25) is 9.69 Å². The third-order valence-corrected chi connectivity index (χ3v) is 5.95. The molecule has 1 saturated heterocycles. The molecule has 0 aromatic heterocycles. The molecular formula is C23H24F3N3O. The van der Waals surface area contributed by atoms with Crippen LogP contribution in [-0.4, -0.2) is 54.5 Å². The summed E-state index contributed by atoms with van der Waals surface area (Å²) in [4.78, 5) is 18.1. The topological polar surface area (TPSA) is 26.8 Å². The van der Waals surface area contributed by atoms with Gasteiger partial charge in [-0.15, -0.1) is 0 Å². The first kappa shape index (κ1) is 20.5. The first-order valence-electron chi connectivity index (χ1n) is 10.0. The number of amides is 1. The van der Waals surface area contributed by atoms with E-state index in [4.69, 9.17) is 0 Å². The maximum Gasteiger partial charge on any atom is 0.416 e. The molecule has 2 aromatic rings. The van der Waals surface area contributed by atoms with E-state index in [0.29, 0.717) is 19.6 Å². The molecule has 0 saturated carbocycles. The minimum absolute atomic E-state index is 0.0463. The highest BCUT2D eigenvalue weighted by Gasteiger charge is 2.33. The molecule has 0 aliphatic carbocycles. The van der Waals surface area contributed by atoms with Gasteiger partial charge < -0.3 is 9.80 Å². The van der Waals surface area contributed by atoms with Gasteiger partial charge in [0.05, 0.1) is 5.56 Å². The van der Waals surface area contributed by atoms with Crippen LogP contribution in [0.15, 0.2) is 61.2 Å². The number of nitrogens with zero attached hydrogens (tertiary/aromatic N) is 3. The monoisotopic (exact) mass is 415 g/mol. The van der Waals surface area contributed by atoms with Gasteiger partial charge in [0.25, 0.3) is 0 Å². The molecule has 30 heavy (non-hydrogen) atoms. The lowest BCUT2D eigenvalue weighted by Gasteiger charge is -2.44. The van der Waals surface area contributed by atoms with Gasteiger partial charge in [0.15, 0.2) is 0 Å². The average Bonchev–Trinajstić information content (AvgIpc) is 2.77. The number of fused-ring (bicyclic) bond motifs is 1. The molecule has 0 bridgehead atoms. The van der Waals surface area contributed by atoms with Crippen molar-refractivity contribution in [2.24, 2.45) is 0 Å². The predicted molar refractivity (Wildman–Crippen MR) is 111 cm³/mol. The highest BCUT2D eigenvalue weighted by Crippen LogP contribution is 2.37. The van der Waals surface area contributed by atoms with Crippen LogP contribution < -0.4 is 4.90 Å². The number of piperazine rings is 1. The van der Waals surface area contributed by atoms with Crippen molar-refractivity contribution >= 4 is 17.3 Å². The second-order valence-electron chi connectivity index (χ2n) is 7.71. The minimum Gasteiger partial charge on any atom is -0.340 e. The summed E-state index contributed by atoms with van der Waals surface area (Å²) < 4.78 is 38.9. The zero-order chi connectivity index (χ0) is 21.3. The van der Waals surface area contributed by atoms with Crippen LogP contribution in [0.2, 0.25) is 0 Å². The van der Waals surface area contributed by atoms with E-state index >= 15 is 0 Å². The van der Waals surface area contributed by atoms with Gasteiger partial charge in [-0.25, -0.2) is 0 Å². The zero-order valence-corrected chi connectivity index (χ0v) is 16.6. The third-order valence-electron chi connectivity index (χ3n) is 5.95. The molecule has 0 spiro atoms. The summed E-state index contributed by atoms with van der Waals surface area (Å²) in [5.41, 5.74) is 2.32. The molecule has 7 heteroatoms. The fourth-order valence-electron chi connectivity index (χ4n) is 4.33. The fraction of sp³-hybridized carbons (Fsp3) is 0.348. The molecule has 0 N–H and O–H groups in total. The van der Waals surface area contributed by atoms with Crippen LogP contribution in [0.4, 0.5) is 24.5 Å². The van der Waals surface area contributed by atoms with Crippen LogP contribution in [0.1, 0.15) is 11.1 Å². The van der Waals surface area contributed by atoms with Crippen molar-refractivity contribution < 1.29 is 18.0 Å². The molecule has 0 radical (unpaired) electrons. The van der Waals surface area contributed by atoms with Crippen LogP contribution in [0.3, 0.4) is 0 Å². The van der Waals surface area contributed by atoms with Gasteiger partial charge >= 0.3 is 6.18 Å². The lowest BCUT2D eigenvalue weighted by Crippen LogP contribution is -2.55. The molecule has 1 unspecified atom stereocenters. The van der Waals surface area contributed by atoms with E-state index in [0.717, 1.165) is 43.0 Å². The number of carbonyl (C=O) groups excluding carboxylic acids is 1. The number of anilines is 2. The number of carbonyl (C=O) groups is 1. The molecule has 2 aliphatic heterocycles. The Bertz CT molecular complexity index is 918. The van der Waals surface area contributed by atoms with Gasteiger partial charge in [-0.1, -0.05) is 24.8 Å². The number of hydrogen-bond acceptors (Lipinski definition) is 3. The van der Waals surface area contributed by atoms with Crippen LogP contribution in [0.25, 0.3) is 0 Å². The van der Waals surface area contributed by atoms with Gasteiger partial charge in [-0.2, -0.15) is 13.2 Å². The summed E-state index contributed by atoms with van der Waals surface area (Å²) in [7, 11) is 0. The number of hydrogen-bond donors (Lipinski definition) is 0. The average molecular weight is 415 g/mol. The van der Waals surface area contributed by atoms with E-state index in [-0.39, 0.29) is 11.9 Å². The van der Waals surface area contributed by atoms with Crippen LogP contribution in [0, 0.1) is 0 Å². The van der Waals surface area contributed by atoms with Crippen molar-refractivity contribution in [2.75, 3.05) is 37.6 Å². The van der Waals surface area contributed by atoms with Crippen LogP contribution in [-0.2, 0) is 17.4 Å². The van der Waals surface area contributed by atoms with Gasteiger partial charge in [-0.05, 0) is 48.4 Å². The van der Waals surface area contributed by atoms with E-state index in [1.807, 2.05) is 18.2 Å². The second kappa shape index (κ2) is 8.14. The second-order valence-corrected chi connectivity index (χ2v) is 7.71. The smallest absolute Gasteiger partial charge is 0.340 e. The summed E-state index contributed by atoms with van der Waals surface area (Å²) >= 11 is 0. The molecule has 2 aliphatic rings. The van der Waals surface area contributed by atoms with E-state index in [1.54, 1.807) is 17.0 Å². The summed E-state index contributed by atoms with van der Waals surface area (Å²) in [6, 6.07) is 13.6. The molecular weight excluding hydrogens is 391 g/mol. The first-order chi connectivity index (χ1) is 14.4. The van der Waals surface area contributed by atoms with E-state index in [2.05, 4.69) is 22.4 Å². The SMILES string of the molecule is C=CC(=O)N1CCN(C2Cc3ccccc3N(c3ccc(C(F)(F)F)cc3)C2)CC1. The highest BCUT2D eigenvalue weighted by atomic mass is 19.4. The molecule has 1 fully saturated rings. The maximum absolute atomic E-state index is 13.0. The fourth-order valence-corrected chi connectivity index (χ4v) is 4.33. The number of halogens is 3. The largest absolute Gasteiger partial charge is 0.416 e. The maximum atomic E-state index is 13.0. The lowest BCUT2D eigenvalue weighted by molar-refractivity contribution is -0.137. The van der Waals surface area contributed by atoms with Gasteiger partial charge in [0, 0.05) is 50.1 Å². The Kier molecular flexibility index (Phi) is 5.56. The number of para-hydroxylation sites is 1. The van der Waals surface area contributed by atoms with Crippen molar-refractivity contribution in [3.8, 4) is 0 Å². The van der Waals surface area contributed by atoms with Crippen LogP contribution >= 0.6 is 0 Å². The molecule has 4 nitrogen and oxygen atoms in total. The normalized spacial score (nSPS) is 20.0. The Hall–Kier alpha value is -2.80. The first-order valence-corrected chi connectivity index (χ1v) is 10.0. The molecule has 158 valence electrons. The Balaban J connectivity index is 1.56. The van der Waals surface area contributed by atoms with Crippen molar-refractivity contribution in [1.82, 2.24) is 9.80 Å². The summed E-state index contributed by atoms with van der Waals surface area (Å²) in [6.45, 7) is 7.10. The third kappa shape index (κ3) is 4.07. The van der Waals surface area contributed by atoms with Crippen molar-refractivity contribution in [1.29, 1.82) is 0 Å². The minimum atomic E-state index is -4.34. The Morgan fingerprint density at radius 2 is 1.67 bits per heavy atom. The molecule has 1 amide bonds. The Labute approximate surface area is 174 Å². The quantitative estimate of drug-likeness (QED) is 0.707. The zero-order valence-electron chi connectivity index (χ0n) is 16.6. The molecule has 1 atom stereocenters. The molecule has 2 heterocycles. The lowest BCUT2D eigenvalue weighted by atomic mass is 9.95. The van der Waals surface area contributed by atoms with Crippen molar-refractivity contribution in [3.63, 3.8) is 0 Å². The van der Waals surface area contributed by atoms with Gasteiger partial charge in [0.1, 0.15) is 0 Å². The Morgan fingerprint density at radius 1 is 1.00 bits per heavy atom. The Morgan fingerprint density at radius 3 is 2.30 bits per heavy atom. The number of alkyl halides is 3. The summed E-state index contributed by atoms with van der Waals surface area (Å²) in [5, 5.41) is 0. The van der Waals surface area contributed by atoms with E-state index < -0.39 is 11.7 Å². The van der Waals surface area contributed by atoms with E-state index in [9.17, 15) is 18.0 Å². The number of benzene rings is 2. The summed E-state index contributed by atoms with van der Waals surface area (Å²) in [6.07, 6.45) is -2.12. The van der Waals surface area contributed by atoms with Crippen molar-refractivity contribution in [3.05, 3.63) is 72.3 Å². The van der Waals surface area contributed by atoms with E-state index in [1.165, 1.54) is 11.6 Å². The summed E-state index contributed by atoms with van der Waals surface area (Å²) in [5.74, 6) is -0.0463. The van der Waals surface area contributed by atoms with Gasteiger partial charge in [0.2, 0.25) is 5.91 Å². The highest BCUT2D eigenvalue weighted by molar-refractivity contribution is 5.87.